The van der Waals surface area contributed by atoms with Gasteiger partial charge in [0, 0.05) is 13.2 Å². The minimum atomic E-state index is 0.0708. The van der Waals surface area contributed by atoms with E-state index in [0.717, 1.165) is 15.9 Å². The van der Waals surface area contributed by atoms with Gasteiger partial charge in [-0.1, -0.05) is 0 Å². The van der Waals surface area contributed by atoms with Crippen molar-refractivity contribution in [1.82, 2.24) is 4.98 Å². The largest absolute Gasteiger partial charge is 0.394 e. The lowest BCUT2D eigenvalue weighted by Gasteiger charge is -2.25. The van der Waals surface area contributed by atoms with Gasteiger partial charge in [-0.25, -0.2) is 4.98 Å². The minimum Gasteiger partial charge on any atom is -0.394 e. The van der Waals surface area contributed by atoms with Gasteiger partial charge in [0.25, 0.3) is 0 Å². The van der Waals surface area contributed by atoms with E-state index in [-0.39, 0.29) is 12.6 Å². The lowest BCUT2D eigenvalue weighted by Crippen LogP contribution is -2.32. The second-order valence-corrected chi connectivity index (χ2v) is 4.31. The van der Waals surface area contributed by atoms with Crippen LogP contribution in [0, 0.1) is 6.92 Å². The van der Waals surface area contributed by atoms with Gasteiger partial charge in [0.05, 0.1) is 17.1 Å². The number of anilines is 1. The van der Waals surface area contributed by atoms with Gasteiger partial charge >= 0.3 is 0 Å². The molecule has 0 amide bonds. The molecule has 1 unspecified atom stereocenters. The zero-order valence-corrected chi connectivity index (χ0v) is 10.2. The predicted molar refractivity (Wildman–Crippen MR) is 61.6 cm³/mol. The summed E-state index contributed by atoms with van der Waals surface area (Å²) in [7, 11) is 1.92. The molecule has 4 heteroatoms. The highest BCUT2D eigenvalue weighted by Gasteiger charge is 2.12. The Balaban J connectivity index is 2.95. The quantitative estimate of drug-likeness (QED) is 0.901. The van der Waals surface area contributed by atoms with Crippen molar-refractivity contribution in [2.24, 2.45) is 0 Å². The average molecular weight is 259 g/mol. The van der Waals surface area contributed by atoms with Gasteiger partial charge in [-0.15, -0.1) is 0 Å². The Labute approximate surface area is 92.9 Å². The van der Waals surface area contributed by atoms with Gasteiger partial charge in [0.15, 0.2) is 0 Å². The molecule has 1 heterocycles. The highest BCUT2D eigenvalue weighted by molar-refractivity contribution is 9.10. The Bertz CT molecular complexity index is 317. The first-order valence-electron chi connectivity index (χ1n) is 4.52. The molecule has 78 valence electrons. The zero-order valence-electron chi connectivity index (χ0n) is 8.66. The Morgan fingerprint density at radius 1 is 1.64 bits per heavy atom. The van der Waals surface area contributed by atoms with Crippen LogP contribution in [0.2, 0.25) is 0 Å². The van der Waals surface area contributed by atoms with Gasteiger partial charge in [0.1, 0.15) is 5.82 Å². The molecule has 0 bridgehead atoms. The fourth-order valence-corrected chi connectivity index (χ4v) is 1.86. The molecule has 1 aromatic heterocycles. The lowest BCUT2D eigenvalue weighted by molar-refractivity contribution is 0.269. The maximum atomic E-state index is 9.03. The summed E-state index contributed by atoms with van der Waals surface area (Å²) in [6.45, 7) is 4.07. The number of hydrogen-bond donors (Lipinski definition) is 1. The molecule has 0 aliphatic carbocycles. The van der Waals surface area contributed by atoms with E-state index in [2.05, 4.69) is 20.9 Å². The number of aliphatic hydroxyl groups is 1. The van der Waals surface area contributed by atoms with E-state index >= 15 is 0 Å². The molecule has 0 saturated carbocycles. The van der Waals surface area contributed by atoms with Crippen molar-refractivity contribution in [3.8, 4) is 0 Å². The molecule has 0 aromatic carbocycles. The van der Waals surface area contributed by atoms with Gasteiger partial charge in [0.2, 0.25) is 0 Å². The molecule has 14 heavy (non-hydrogen) atoms. The number of aryl methyl sites for hydroxylation is 1. The van der Waals surface area contributed by atoms with E-state index in [9.17, 15) is 0 Å². The summed E-state index contributed by atoms with van der Waals surface area (Å²) in [4.78, 5) is 6.26. The normalized spacial score (nSPS) is 12.6. The van der Waals surface area contributed by atoms with E-state index in [0.29, 0.717) is 0 Å². The van der Waals surface area contributed by atoms with Gasteiger partial charge in [-0.05, 0) is 41.4 Å². The monoisotopic (exact) mass is 258 g/mol. The Morgan fingerprint density at radius 2 is 2.29 bits per heavy atom. The lowest BCUT2D eigenvalue weighted by atomic mass is 10.3. The SMILES string of the molecule is Cc1cnc(N(C)C(C)CO)c(Br)c1. The summed E-state index contributed by atoms with van der Waals surface area (Å²) >= 11 is 3.46. The summed E-state index contributed by atoms with van der Waals surface area (Å²) in [5, 5.41) is 9.03. The smallest absolute Gasteiger partial charge is 0.142 e. The van der Waals surface area contributed by atoms with Crippen LogP contribution >= 0.6 is 15.9 Å². The van der Waals surface area contributed by atoms with Crippen LogP contribution in [0.3, 0.4) is 0 Å². The van der Waals surface area contributed by atoms with E-state index < -0.39 is 0 Å². The van der Waals surface area contributed by atoms with Crippen molar-refractivity contribution in [1.29, 1.82) is 0 Å². The Kier molecular flexibility index (Phi) is 3.89. The number of likely N-dealkylation sites (N-methyl/N-ethyl adjacent to an activating group) is 1. The first-order valence-corrected chi connectivity index (χ1v) is 5.31. The molecule has 0 spiro atoms. The summed E-state index contributed by atoms with van der Waals surface area (Å²) in [6.07, 6.45) is 1.82. The predicted octanol–water partition coefficient (Wildman–Crippen LogP) is 1.97. The molecule has 1 atom stereocenters. The first kappa shape index (κ1) is 11.5. The first-order chi connectivity index (χ1) is 6.56. The molecule has 0 radical (unpaired) electrons. The number of aliphatic hydroxyl groups excluding tert-OH is 1. The number of pyridine rings is 1. The summed E-state index contributed by atoms with van der Waals surface area (Å²) in [5.74, 6) is 0.858. The molecule has 0 aliphatic rings. The fourth-order valence-electron chi connectivity index (χ4n) is 1.12. The molecule has 0 fully saturated rings. The number of hydrogen-bond acceptors (Lipinski definition) is 3. The van der Waals surface area contributed by atoms with Crippen LogP contribution in [0.5, 0.6) is 0 Å². The van der Waals surface area contributed by atoms with Gasteiger partial charge in [-0.3, -0.25) is 0 Å². The average Bonchev–Trinajstić information content (AvgIpc) is 2.15. The highest BCUT2D eigenvalue weighted by Crippen LogP contribution is 2.24. The molecular formula is C10H15BrN2O. The Morgan fingerprint density at radius 3 is 2.79 bits per heavy atom. The Hall–Kier alpha value is -0.610. The summed E-state index contributed by atoms with van der Waals surface area (Å²) in [5.41, 5.74) is 1.12. The van der Waals surface area contributed by atoms with E-state index in [4.69, 9.17) is 5.11 Å². The highest BCUT2D eigenvalue weighted by atomic mass is 79.9. The van der Waals surface area contributed by atoms with Gasteiger partial charge in [-0.2, -0.15) is 0 Å². The number of aromatic nitrogens is 1. The van der Waals surface area contributed by atoms with Crippen LogP contribution in [0.25, 0.3) is 0 Å². The summed E-state index contributed by atoms with van der Waals surface area (Å²) < 4.78 is 0.959. The maximum Gasteiger partial charge on any atom is 0.142 e. The molecule has 1 N–H and O–H groups in total. The molecule has 1 aromatic rings. The van der Waals surface area contributed by atoms with Gasteiger partial charge < -0.3 is 10.0 Å². The third kappa shape index (κ3) is 2.45. The zero-order chi connectivity index (χ0) is 10.7. The molecule has 0 aliphatic heterocycles. The van der Waals surface area contributed by atoms with E-state index in [1.54, 1.807) is 0 Å². The van der Waals surface area contributed by atoms with Crippen molar-refractivity contribution in [2.75, 3.05) is 18.6 Å². The standard InChI is InChI=1S/C10H15BrN2O/c1-7-4-9(11)10(12-5-7)13(3)8(2)6-14/h4-5,8,14H,6H2,1-3H3. The number of halogens is 1. The fraction of sp³-hybridized carbons (Fsp3) is 0.500. The van der Waals surface area contributed by atoms with Crippen molar-refractivity contribution in [3.05, 3.63) is 22.3 Å². The van der Waals surface area contributed by atoms with Crippen molar-refractivity contribution >= 4 is 21.7 Å². The van der Waals surface area contributed by atoms with Crippen LogP contribution in [0.15, 0.2) is 16.7 Å². The van der Waals surface area contributed by atoms with Crippen molar-refractivity contribution in [3.63, 3.8) is 0 Å². The van der Waals surface area contributed by atoms with E-state index in [1.807, 2.05) is 38.1 Å². The van der Waals surface area contributed by atoms with Crippen molar-refractivity contribution in [2.45, 2.75) is 19.9 Å². The number of rotatable bonds is 3. The maximum absolute atomic E-state index is 9.03. The van der Waals surface area contributed by atoms with Crippen LogP contribution < -0.4 is 4.90 Å². The van der Waals surface area contributed by atoms with Crippen LogP contribution in [-0.4, -0.2) is 29.8 Å². The van der Waals surface area contributed by atoms with Crippen molar-refractivity contribution < 1.29 is 5.11 Å². The third-order valence-corrected chi connectivity index (χ3v) is 2.80. The molecular weight excluding hydrogens is 244 g/mol. The van der Waals surface area contributed by atoms with Crippen LogP contribution in [0.1, 0.15) is 12.5 Å². The summed E-state index contributed by atoms with van der Waals surface area (Å²) in [6, 6.07) is 2.09. The number of nitrogens with zero attached hydrogens (tertiary/aromatic N) is 2. The second kappa shape index (κ2) is 4.75. The topological polar surface area (TPSA) is 36.4 Å². The minimum absolute atomic E-state index is 0.0708. The molecule has 0 saturated heterocycles. The molecule has 3 nitrogen and oxygen atoms in total. The van der Waals surface area contributed by atoms with Crippen LogP contribution in [-0.2, 0) is 0 Å². The second-order valence-electron chi connectivity index (χ2n) is 3.46. The molecule has 1 rings (SSSR count). The third-order valence-electron chi connectivity index (χ3n) is 2.22. The van der Waals surface area contributed by atoms with Crippen LogP contribution in [0.4, 0.5) is 5.82 Å². The van der Waals surface area contributed by atoms with E-state index in [1.165, 1.54) is 0 Å².